The van der Waals surface area contributed by atoms with Crippen molar-refractivity contribution in [3.05, 3.63) is 77.9 Å². The lowest BCUT2D eigenvalue weighted by atomic mass is 9.95. The van der Waals surface area contributed by atoms with Crippen molar-refractivity contribution in [1.29, 1.82) is 0 Å². The largest absolute Gasteiger partial charge is 0.493 e. The Kier molecular flexibility index (Phi) is 9.81. The van der Waals surface area contributed by atoms with Crippen molar-refractivity contribution in [2.75, 3.05) is 34.4 Å². The van der Waals surface area contributed by atoms with Gasteiger partial charge < -0.3 is 29.2 Å². The van der Waals surface area contributed by atoms with Crippen LogP contribution in [0.4, 0.5) is 13.6 Å². The molecular formula is C34H38F2N2O6. The molecule has 0 bridgehead atoms. The van der Waals surface area contributed by atoms with Crippen LogP contribution in [0.1, 0.15) is 38.3 Å². The van der Waals surface area contributed by atoms with Crippen LogP contribution >= 0.6 is 0 Å². The number of amides is 2. The molecule has 1 fully saturated rings. The summed E-state index contributed by atoms with van der Waals surface area (Å²) in [5.41, 5.74) is 2.39. The molecule has 0 radical (unpaired) electrons. The fourth-order valence-electron chi connectivity index (χ4n) is 5.00. The molecule has 1 aliphatic heterocycles. The van der Waals surface area contributed by atoms with Gasteiger partial charge in [-0.25, -0.2) is 13.6 Å². The molecule has 1 atom stereocenters. The van der Waals surface area contributed by atoms with Crippen LogP contribution in [-0.4, -0.2) is 68.9 Å². The van der Waals surface area contributed by atoms with Gasteiger partial charge in [-0.1, -0.05) is 54.6 Å². The molecule has 1 heterocycles. The first-order valence-electron chi connectivity index (χ1n) is 14.2. The van der Waals surface area contributed by atoms with E-state index in [0.717, 1.165) is 16.0 Å². The van der Waals surface area contributed by atoms with Gasteiger partial charge in [-0.15, -0.1) is 0 Å². The van der Waals surface area contributed by atoms with Gasteiger partial charge >= 0.3 is 6.09 Å². The minimum atomic E-state index is -3.39. The molecule has 234 valence electrons. The van der Waals surface area contributed by atoms with Crippen molar-refractivity contribution in [2.45, 2.75) is 44.8 Å². The van der Waals surface area contributed by atoms with E-state index in [0.29, 0.717) is 28.4 Å². The second kappa shape index (κ2) is 13.4. The van der Waals surface area contributed by atoms with Gasteiger partial charge in [-0.2, -0.15) is 0 Å². The molecule has 10 heteroatoms. The van der Waals surface area contributed by atoms with E-state index < -0.39 is 36.1 Å². The van der Waals surface area contributed by atoms with Gasteiger partial charge in [0.15, 0.2) is 11.5 Å². The lowest BCUT2D eigenvalue weighted by molar-refractivity contribution is -0.139. The number of nitrogens with zero attached hydrogens (tertiary/aromatic N) is 1. The second-order valence-electron chi connectivity index (χ2n) is 11.4. The highest BCUT2D eigenvalue weighted by Crippen LogP contribution is 2.39. The molecule has 0 aromatic heterocycles. The molecule has 1 unspecified atom stereocenters. The highest BCUT2D eigenvalue weighted by Gasteiger charge is 2.47. The zero-order valence-electron chi connectivity index (χ0n) is 25.8. The molecule has 0 saturated carbocycles. The van der Waals surface area contributed by atoms with Crippen molar-refractivity contribution in [3.63, 3.8) is 0 Å². The van der Waals surface area contributed by atoms with Gasteiger partial charge in [0.05, 0.1) is 33.9 Å². The summed E-state index contributed by atoms with van der Waals surface area (Å²) >= 11 is 0. The maximum absolute atomic E-state index is 15.4. The van der Waals surface area contributed by atoms with Crippen LogP contribution < -0.4 is 19.5 Å². The number of methoxy groups -OCH3 is 3. The van der Waals surface area contributed by atoms with E-state index in [-0.39, 0.29) is 18.5 Å². The van der Waals surface area contributed by atoms with E-state index in [1.165, 1.54) is 21.3 Å². The van der Waals surface area contributed by atoms with Crippen LogP contribution in [0.25, 0.3) is 22.8 Å². The molecule has 0 aliphatic carbocycles. The third-order valence-electron chi connectivity index (χ3n) is 7.11. The molecule has 8 nitrogen and oxygen atoms in total. The van der Waals surface area contributed by atoms with E-state index in [1.807, 2.05) is 42.5 Å². The van der Waals surface area contributed by atoms with E-state index in [9.17, 15) is 9.59 Å². The zero-order valence-corrected chi connectivity index (χ0v) is 25.8. The van der Waals surface area contributed by atoms with E-state index in [2.05, 4.69) is 5.32 Å². The van der Waals surface area contributed by atoms with Gasteiger partial charge in [-0.05, 0) is 67.7 Å². The topological polar surface area (TPSA) is 86.3 Å². The molecule has 1 N–H and O–H groups in total. The standard InChI is InChI=1S/C34H38F2N2O6/c1-33(2,3)44-32(40)37-29-16-17-38(21-34(29,35)36)31(39)26(18-22-19-27(41-4)30(43-6)28(20-22)42-5)25-14-12-24(13-15-25)23-10-8-7-9-11-23/h7-15,18-20,29H,16-17,21H2,1-6H3,(H,37,40)/b26-18+. The summed E-state index contributed by atoms with van der Waals surface area (Å²) in [5, 5.41) is 2.28. The van der Waals surface area contributed by atoms with Crippen molar-refractivity contribution in [1.82, 2.24) is 10.2 Å². The number of nitrogens with one attached hydrogen (secondary N) is 1. The Labute approximate surface area is 256 Å². The number of halogens is 2. The minimum Gasteiger partial charge on any atom is -0.493 e. The van der Waals surface area contributed by atoms with Gasteiger partial charge in [-0.3, -0.25) is 4.79 Å². The summed E-state index contributed by atoms with van der Waals surface area (Å²) in [4.78, 5) is 27.4. The molecule has 0 spiro atoms. The average Bonchev–Trinajstić information content (AvgIpc) is 2.99. The zero-order chi connectivity index (χ0) is 32.1. The van der Waals surface area contributed by atoms with Crippen LogP contribution in [-0.2, 0) is 9.53 Å². The van der Waals surface area contributed by atoms with E-state index in [1.54, 1.807) is 51.1 Å². The lowest BCUT2D eigenvalue weighted by Crippen LogP contribution is -2.59. The van der Waals surface area contributed by atoms with Crippen molar-refractivity contribution in [2.24, 2.45) is 0 Å². The molecule has 1 aliphatic rings. The third kappa shape index (κ3) is 7.67. The summed E-state index contributed by atoms with van der Waals surface area (Å²) in [5.74, 6) is -2.83. The van der Waals surface area contributed by atoms with Crippen molar-refractivity contribution in [3.8, 4) is 28.4 Å². The Morgan fingerprint density at radius 3 is 2.02 bits per heavy atom. The quantitative estimate of drug-likeness (QED) is 0.227. The Morgan fingerprint density at radius 2 is 1.50 bits per heavy atom. The maximum atomic E-state index is 15.4. The highest BCUT2D eigenvalue weighted by molar-refractivity contribution is 6.24. The fraction of sp³-hybridized carbons (Fsp3) is 0.353. The summed E-state index contributed by atoms with van der Waals surface area (Å²) in [7, 11) is 4.45. The third-order valence-corrected chi connectivity index (χ3v) is 7.11. The summed E-state index contributed by atoms with van der Waals surface area (Å²) in [6, 6.07) is 19.0. The summed E-state index contributed by atoms with van der Waals surface area (Å²) in [6.45, 7) is 4.09. The molecule has 44 heavy (non-hydrogen) atoms. The fourth-order valence-corrected chi connectivity index (χ4v) is 5.00. The lowest BCUT2D eigenvalue weighted by Gasteiger charge is -2.39. The Balaban J connectivity index is 1.69. The average molecular weight is 609 g/mol. The number of carbonyl (C=O) groups excluding carboxylic acids is 2. The number of piperidine rings is 1. The molecular weight excluding hydrogens is 570 g/mol. The van der Waals surface area contributed by atoms with Crippen molar-refractivity contribution < 1.29 is 37.3 Å². The Morgan fingerprint density at radius 1 is 0.909 bits per heavy atom. The monoisotopic (exact) mass is 608 g/mol. The van der Waals surface area contributed by atoms with Crippen molar-refractivity contribution >= 4 is 23.6 Å². The van der Waals surface area contributed by atoms with Crippen LogP contribution in [0.2, 0.25) is 0 Å². The van der Waals surface area contributed by atoms with Gasteiger partial charge in [0.1, 0.15) is 5.60 Å². The number of alkyl halides is 2. The predicted molar refractivity (Wildman–Crippen MR) is 165 cm³/mol. The number of hydrogen-bond acceptors (Lipinski definition) is 6. The normalized spacial score (nSPS) is 16.6. The van der Waals surface area contributed by atoms with Crippen LogP contribution in [0.15, 0.2) is 66.7 Å². The molecule has 1 saturated heterocycles. The molecule has 4 rings (SSSR count). The van der Waals surface area contributed by atoms with E-state index >= 15 is 8.78 Å². The van der Waals surface area contributed by atoms with Crippen LogP contribution in [0.5, 0.6) is 17.2 Å². The molecule has 2 amide bonds. The number of likely N-dealkylation sites (tertiary alicyclic amines) is 1. The highest BCUT2D eigenvalue weighted by atomic mass is 19.3. The number of benzene rings is 3. The minimum absolute atomic E-state index is 0.00355. The second-order valence-corrected chi connectivity index (χ2v) is 11.4. The number of alkyl carbamates (subject to hydrolysis) is 1. The summed E-state index contributed by atoms with van der Waals surface area (Å²) < 4.78 is 52.2. The smallest absolute Gasteiger partial charge is 0.408 e. The first-order chi connectivity index (χ1) is 20.8. The Hall–Kier alpha value is -4.60. The molecule has 3 aromatic rings. The first-order valence-corrected chi connectivity index (χ1v) is 14.2. The number of carbonyl (C=O) groups is 2. The van der Waals surface area contributed by atoms with Crippen LogP contribution in [0.3, 0.4) is 0 Å². The van der Waals surface area contributed by atoms with Gasteiger partial charge in [0.25, 0.3) is 11.8 Å². The predicted octanol–water partition coefficient (Wildman–Crippen LogP) is 6.68. The molecule has 3 aromatic carbocycles. The number of hydrogen-bond donors (Lipinski definition) is 1. The van der Waals surface area contributed by atoms with Gasteiger partial charge in [0, 0.05) is 12.1 Å². The summed E-state index contributed by atoms with van der Waals surface area (Å²) in [6.07, 6.45) is 0.541. The van der Waals surface area contributed by atoms with Gasteiger partial charge in [0.2, 0.25) is 5.75 Å². The van der Waals surface area contributed by atoms with E-state index in [4.69, 9.17) is 18.9 Å². The maximum Gasteiger partial charge on any atom is 0.408 e. The SMILES string of the molecule is COc1cc(/C=C(/C(=O)N2CCC(NC(=O)OC(C)(C)C)C(F)(F)C2)c2ccc(-c3ccccc3)cc2)cc(OC)c1OC. The number of rotatable bonds is 8. The Bertz CT molecular complexity index is 1480. The number of ether oxygens (including phenoxy) is 4. The first kappa shape index (κ1) is 32.3. The van der Waals surface area contributed by atoms with Crippen LogP contribution in [0, 0.1) is 0 Å².